The highest BCUT2D eigenvalue weighted by Crippen LogP contribution is 2.45. The minimum Gasteiger partial charge on any atom is -0.507 e. The SMILES string of the molecule is CCOc1ccc(Cl)c(/C(O)=C2\C(=O)C(=O)N(c3ccc(OC)cc3)C2c2sccc2C)c1. The minimum atomic E-state index is -0.801. The second kappa shape index (κ2) is 9.29. The van der Waals surface area contributed by atoms with E-state index in [1.165, 1.54) is 16.2 Å². The van der Waals surface area contributed by atoms with E-state index in [0.29, 0.717) is 23.8 Å². The molecule has 6 nitrogen and oxygen atoms in total. The first kappa shape index (κ1) is 22.9. The molecule has 1 aromatic heterocycles. The molecule has 170 valence electrons. The number of aryl methyl sites for hydroxylation is 1. The largest absolute Gasteiger partial charge is 0.507 e. The van der Waals surface area contributed by atoms with Crippen LogP contribution in [0.5, 0.6) is 11.5 Å². The number of carbonyl (C=O) groups is 2. The molecule has 1 unspecified atom stereocenters. The number of hydrogen-bond donors (Lipinski definition) is 1. The third-order valence-corrected chi connectivity index (χ3v) is 6.85. The van der Waals surface area contributed by atoms with Gasteiger partial charge in [-0.3, -0.25) is 14.5 Å². The number of hydrogen-bond acceptors (Lipinski definition) is 6. The fraction of sp³-hybridized carbons (Fsp3) is 0.200. The molecule has 4 rings (SSSR count). The lowest BCUT2D eigenvalue weighted by Gasteiger charge is -2.25. The van der Waals surface area contributed by atoms with Crippen LogP contribution in [0, 0.1) is 6.92 Å². The number of anilines is 1. The zero-order chi connectivity index (χ0) is 23.7. The summed E-state index contributed by atoms with van der Waals surface area (Å²) in [5, 5.41) is 13.4. The lowest BCUT2D eigenvalue weighted by atomic mass is 9.98. The van der Waals surface area contributed by atoms with Gasteiger partial charge < -0.3 is 14.6 Å². The van der Waals surface area contributed by atoms with E-state index in [4.69, 9.17) is 21.1 Å². The number of halogens is 1. The van der Waals surface area contributed by atoms with Crippen molar-refractivity contribution in [2.45, 2.75) is 19.9 Å². The first-order valence-electron chi connectivity index (χ1n) is 10.3. The lowest BCUT2D eigenvalue weighted by molar-refractivity contribution is -0.132. The van der Waals surface area contributed by atoms with Crippen molar-refractivity contribution in [2.24, 2.45) is 0 Å². The molecule has 1 atom stereocenters. The van der Waals surface area contributed by atoms with Crippen molar-refractivity contribution in [1.82, 2.24) is 0 Å². The van der Waals surface area contributed by atoms with E-state index in [9.17, 15) is 14.7 Å². The van der Waals surface area contributed by atoms with Crippen LogP contribution in [0.4, 0.5) is 5.69 Å². The highest BCUT2D eigenvalue weighted by Gasteiger charge is 2.48. The summed E-state index contributed by atoms with van der Waals surface area (Å²) in [5.74, 6) is -0.722. The average Bonchev–Trinajstić information content (AvgIpc) is 3.35. The number of benzene rings is 2. The van der Waals surface area contributed by atoms with Crippen molar-refractivity contribution in [3.8, 4) is 11.5 Å². The molecular formula is C25H22ClNO5S. The Balaban J connectivity index is 1.93. The summed E-state index contributed by atoms with van der Waals surface area (Å²) < 4.78 is 10.7. The fourth-order valence-corrected chi connectivity index (χ4v) is 5.07. The van der Waals surface area contributed by atoms with Gasteiger partial charge in [0.15, 0.2) is 0 Å². The third-order valence-electron chi connectivity index (χ3n) is 5.45. The quantitative estimate of drug-likeness (QED) is 0.275. The normalized spacial score (nSPS) is 17.5. The van der Waals surface area contributed by atoms with E-state index >= 15 is 0 Å². The number of Topliss-reactive ketones (excluding diaryl/α,β-unsaturated/α-hetero) is 1. The molecule has 1 amide bonds. The Morgan fingerprint density at radius 2 is 1.82 bits per heavy atom. The molecule has 0 bridgehead atoms. The first-order valence-corrected chi connectivity index (χ1v) is 11.5. The van der Waals surface area contributed by atoms with E-state index in [0.717, 1.165) is 10.4 Å². The predicted octanol–water partition coefficient (Wildman–Crippen LogP) is 5.74. The molecule has 1 aliphatic heterocycles. The molecule has 1 saturated heterocycles. The van der Waals surface area contributed by atoms with Crippen LogP contribution >= 0.6 is 22.9 Å². The molecule has 8 heteroatoms. The summed E-state index contributed by atoms with van der Waals surface area (Å²) in [5.41, 5.74) is 1.64. The van der Waals surface area contributed by atoms with Gasteiger partial charge in [-0.1, -0.05) is 11.6 Å². The van der Waals surface area contributed by atoms with E-state index < -0.39 is 17.7 Å². The number of amides is 1. The fourth-order valence-electron chi connectivity index (χ4n) is 3.84. The van der Waals surface area contributed by atoms with Crippen LogP contribution in [-0.2, 0) is 9.59 Å². The Morgan fingerprint density at radius 1 is 1.12 bits per heavy atom. The average molecular weight is 484 g/mol. The van der Waals surface area contributed by atoms with Gasteiger partial charge in [0.25, 0.3) is 11.7 Å². The van der Waals surface area contributed by atoms with Crippen LogP contribution in [0.25, 0.3) is 5.76 Å². The molecule has 33 heavy (non-hydrogen) atoms. The maximum absolute atomic E-state index is 13.3. The molecule has 3 aromatic rings. The molecule has 1 aliphatic rings. The summed E-state index contributed by atoms with van der Waals surface area (Å²) in [6.45, 7) is 4.18. The summed E-state index contributed by atoms with van der Waals surface area (Å²) in [6.07, 6.45) is 0. The molecule has 2 heterocycles. The Labute approximate surface area is 200 Å². The van der Waals surface area contributed by atoms with Gasteiger partial charge in [-0.2, -0.15) is 0 Å². The summed E-state index contributed by atoms with van der Waals surface area (Å²) in [7, 11) is 1.55. The van der Waals surface area contributed by atoms with Crippen molar-refractivity contribution >= 4 is 46.1 Å². The summed E-state index contributed by atoms with van der Waals surface area (Å²) in [6, 6.07) is 12.8. The second-order valence-corrected chi connectivity index (χ2v) is 8.76. The van der Waals surface area contributed by atoms with Crippen molar-refractivity contribution in [2.75, 3.05) is 18.6 Å². The van der Waals surface area contributed by atoms with Crippen LogP contribution in [0.2, 0.25) is 5.02 Å². The number of ketones is 1. The van der Waals surface area contributed by atoms with Crippen LogP contribution < -0.4 is 14.4 Å². The van der Waals surface area contributed by atoms with Crippen LogP contribution in [-0.4, -0.2) is 30.5 Å². The number of methoxy groups -OCH3 is 1. The highest BCUT2D eigenvalue weighted by atomic mass is 35.5. The van der Waals surface area contributed by atoms with Crippen LogP contribution in [0.3, 0.4) is 0 Å². The molecule has 0 spiro atoms. The predicted molar refractivity (Wildman–Crippen MR) is 129 cm³/mol. The molecule has 2 aromatic carbocycles. The Bertz CT molecular complexity index is 1250. The van der Waals surface area contributed by atoms with Gasteiger partial charge >= 0.3 is 0 Å². The molecule has 0 saturated carbocycles. The number of aliphatic hydroxyl groups excluding tert-OH is 1. The molecule has 0 radical (unpaired) electrons. The van der Waals surface area contributed by atoms with Crippen molar-refractivity contribution < 1.29 is 24.2 Å². The number of rotatable bonds is 6. The topological polar surface area (TPSA) is 76.1 Å². The third kappa shape index (κ3) is 4.10. The van der Waals surface area contributed by atoms with E-state index in [-0.39, 0.29) is 21.9 Å². The zero-order valence-corrected chi connectivity index (χ0v) is 19.9. The molecule has 1 N–H and O–H groups in total. The van der Waals surface area contributed by atoms with Gasteiger partial charge in [0.05, 0.1) is 24.3 Å². The molecule has 0 aliphatic carbocycles. The minimum absolute atomic E-state index is 0.0167. The van der Waals surface area contributed by atoms with Crippen molar-refractivity contribution in [3.63, 3.8) is 0 Å². The lowest BCUT2D eigenvalue weighted by Crippen LogP contribution is -2.29. The summed E-state index contributed by atoms with van der Waals surface area (Å²) >= 11 is 7.79. The number of nitrogens with zero attached hydrogens (tertiary/aromatic N) is 1. The Kier molecular flexibility index (Phi) is 6.44. The highest BCUT2D eigenvalue weighted by molar-refractivity contribution is 7.10. The summed E-state index contributed by atoms with van der Waals surface area (Å²) in [4.78, 5) is 28.7. The van der Waals surface area contributed by atoms with Gasteiger partial charge in [0.2, 0.25) is 0 Å². The van der Waals surface area contributed by atoms with E-state index in [1.807, 2.05) is 25.3 Å². The van der Waals surface area contributed by atoms with Crippen molar-refractivity contribution in [1.29, 1.82) is 0 Å². The van der Waals surface area contributed by atoms with Gasteiger partial charge in [-0.05, 0) is 73.3 Å². The van der Waals surface area contributed by atoms with Crippen molar-refractivity contribution in [3.05, 3.63) is 80.5 Å². The van der Waals surface area contributed by atoms with Gasteiger partial charge in [-0.15, -0.1) is 11.3 Å². The second-order valence-electron chi connectivity index (χ2n) is 7.41. The van der Waals surface area contributed by atoms with Gasteiger partial charge in [-0.25, -0.2) is 0 Å². The van der Waals surface area contributed by atoms with E-state index in [1.54, 1.807) is 49.6 Å². The smallest absolute Gasteiger partial charge is 0.300 e. The van der Waals surface area contributed by atoms with Gasteiger partial charge in [0.1, 0.15) is 23.3 Å². The molecular weight excluding hydrogens is 462 g/mol. The number of thiophene rings is 1. The number of aliphatic hydroxyl groups is 1. The number of carbonyl (C=O) groups excluding carboxylic acids is 2. The monoisotopic (exact) mass is 483 g/mol. The zero-order valence-electron chi connectivity index (χ0n) is 18.3. The number of ether oxygens (including phenoxy) is 2. The maximum Gasteiger partial charge on any atom is 0.300 e. The van der Waals surface area contributed by atoms with Gasteiger partial charge in [0, 0.05) is 16.1 Å². The van der Waals surface area contributed by atoms with E-state index in [2.05, 4.69) is 0 Å². The van der Waals surface area contributed by atoms with Crippen LogP contribution in [0.15, 0.2) is 59.5 Å². The Morgan fingerprint density at radius 3 is 2.42 bits per heavy atom. The first-order chi connectivity index (χ1) is 15.9. The standard InChI is InChI=1S/C25H22ClNO5S/c1-4-32-17-9-10-19(26)18(13-17)22(28)20-21(24-14(2)11-12-33-24)27(25(30)23(20)29)15-5-7-16(31-3)8-6-15/h5-13,21,28H,4H2,1-3H3/b22-20+. The van der Waals surface area contributed by atoms with Crippen LogP contribution in [0.1, 0.15) is 29.0 Å². The Hall–Kier alpha value is -3.29. The molecule has 1 fully saturated rings. The maximum atomic E-state index is 13.3.